The van der Waals surface area contributed by atoms with E-state index in [1.165, 1.54) is 10.9 Å². The summed E-state index contributed by atoms with van der Waals surface area (Å²) in [6, 6.07) is 8.93. The summed E-state index contributed by atoms with van der Waals surface area (Å²) in [5.41, 5.74) is 1.82. The van der Waals surface area contributed by atoms with E-state index in [0.717, 1.165) is 5.56 Å². The molecule has 1 aromatic carbocycles. The second-order valence-electron chi connectivity index (χ2n) is 5.34. The van der Waals surface area contributed by atoms with E-state index in [1.54, 1.807) is 31.5 Å². The van der Waals surface area contributed by atoms with Crippen LogP contribution in [0.15, 0.2) is 47.7 Å². The van der Waals surface area contributed by atoms with Crippen LogP contribution in [0.4, 0.5) is 0 Å². The Morgan fingerprint density at radius 3 is 2.91 bits per heavy atom. The Morgan fingerprint density at radius 2 is 2.13 bits per heavy atom. The number of nitrogens with zero attached hydrogens (tertiary/aromatic N) is 3. The lowest BCUT2D eigenvalue weighted by Crippen LogP contribution is -2.24. The summed E-state index contributed by atoms with van der Waals surface area (Å²) in [7, 11) is 1.55. The zero-order valence-electron chi connectivity index (χ0n) is 12.9. The van der Waals surface area contributed by atoms with Gasteiger partial charge in [0.2, 0.25) is 0 Å². The van der Waals surface area contributed by atoms with Crippen LogP contribution in [0.2, 0.25) is 0 Å². The first-order valence-electron chi connectivity index (χ1n) is 7.23. The van der Waals surface area contributed by atoms with E-state index >= 15 is 0 Å². The molecule has 3 aromatic rings. The lowest BCUT2D eigenvalue weighted by Gasteiger charge is -2.16. The second-order valence-corrected chi connectivity index (χ2v) is 5.34. The van der Waals surface area contributed by atoms with Crippen molar-refractivity contribution in [3.8, 4) is 5.75 Å². The molecule has 6 heteroatoms. The second kappa shape index (κ2) is 6.18. The molecule has 0 fully saturated rings. The van der Waals surface area contributed by atoms with Crippen molar-refractivity contribution in [2.24, 2.45) is 0 Å². The first-order valence-corrected chi connectivity index (χ1v) is 7.23. The van der Waals surface area contributed by atoms with Crippen molar-refractivity contribution in [2.75, 3.05) is 7.11 Å². The first kappa shape index (κ1) is 15.2. The number of hydrogen-bond acceptors (Lipinski definition) is 5. The van der Waals surface area contributed by atoms with Crippen LogP contribution in [-0.4, -0.2) is 26.8 Å². The number of methoxy groups -OCH3 is 1. The van der Waals surface area contributed by atoms with Gasteiger partial charge in [0.25, 0.3) is 5.56 Å². The molecule has 0 saturated carbocycles. The molecule has 1 N–H and O–H groups in total. The lowest BCUT2D eigenvalue weighted by molar-refractivity contribution is 0.151. The van der Waals surface area contributed by atoms with Gasteiger partial charge in [-0.15, -0.1) is 0 Å². The third-order valence-corrected chi connectivity index (χ3v) is 3.71. The molecule has 0 saturated heterocycles. The predicted molar refractivity (Wildman–Crippen MR) is 86.5 cm³/mol. The summed E-state index contributed by atoms with van der Waals surface area (Å²) in [5, 5.41) is 11.0. The number of aromatic nitrogens is 3. The van der Waals surface area contributed by atoms with Crippen LogP contribution < -0.4 is 10.3 Å². The maximum absolute atomic E-state index is 12.5. The number of fused-ring (bicyclic) bond motifs is 1. The molecular weight excluding hydrogens is 294 g/mol. The molecule has 6 nitrogen and oxygen atoms in total. The van der Waals surface area contributed by atoms with Crippen molar-refractivity contribution < 1.29 is 9.84 Å². The minimum absolute atomic E-state index is 0.0937. The van der Waals surface area contributed by atoms with Crippen molar-refractivity contribution in [1.82, 2.24) is 14.5 Å². The maximum atomic E-state index is 12.5. The van der Waals surface area contributed by atoms with Gasteiger partial charge in [0.05, 0.1) is 19.0 Å². The number of aryl methyl sites for hydroxylation is 1. The van der Waals surface area contributed by atoms with Crippen molar-refractivity contribution in [3.63, 3.8) is 0 Å². The third kappa shape index (κ3) is 2.93. The number of rotatable bonds is 4. The van der Waals surface area contributed by atoms with Crippen LogP contribution in [0, 0.1) is 6.92 Å². The van der Waals surface area contributed by atoms with Crippen molar-refractivity contribution in [2.45, 2.75) is 19.6 Å². The van der Waals surface area contributed by atoms with Gasteiger partial charge in [-0.2, -0.15) is 0 Å². The largest absolute Gasteiger partial charge is 0.496 e. The average molecular weight is 311 g/mol. The summed E-state index contributed by atoms with van der Waals surface area (Å²) in [4.78, 5) is 20.7. The minimum atomic E-state index is -0.876. The lowest BCUT2D eigenvalue weighted by atomic mass is 10.1. The van der Waals surface area contributed by atoms with Crippen LogP contribution in [0.1, 0.15) is 17.2 Å². The highest BCUT2D eigenvalue weighted by molar-refractivity contribution is 5.72. The Labute approximate surface area is 133 Å². The van der Waals surface area contributed by atoms with E-state index in [-0.39, 0.29) is 12.1 Å². The number of ether oxygens (including phenoxy) is 1. The van der Waals surface area contributed by atoms with Gasteiger partial charge >= 0.3 is 0 Å². The van der Waals surface area contributed by atoms with Crippen molar-refractivity contribution >= 4 is 11.0 Å². The molecule has 0 amide bonds. The van der Waals surface area contributed by atoms with E-state index in [0.29, 0.717) is 22.3 Å². The number of benzene rings is 1. The van der Waals surface area contributed by atoms with Crippen molar-refractivity contribution in [1.29, 1.82) is 0 Å². The molecule has 2 heterocycles. The number of pyridine rings is 1. The smallest absolute Gasteiger partial charge is 0.262 e. The normalized spacial score (nSPS) is 12.3. The molecule has 118 valence electrons. The Balaban J connectivity index is 1.97. The molecule has 0 radical (unpaired) electrons. The molecule has 1 unspecified atom stereocenters. The molecule has 0 spiro atoms. The van der Waals surface area contributed by atoms with Crippen LogP contribution in [0.5, 0.6) is 5.75 Å². The van der Waals surface area contributed by atoms with Gasteiger partial charge in [-0.05, 0) is 31.2 Å². The SMILES string of the molecule is COc1ccc(C)cc1C(O)Cn1cnc2ncccc2c1=O. The molecule has 1 atom stereocenters. The fraction of sp³-hybridized carbons (Fsp3) is 0.235. The first-order chi connectivity index (χ1) is 11.1. The molecular formula is C17H17N3O3. The third-order valence-electron chi connectivity index (χ3n) is 3.71. The van der Waals surface area contributed by atoms with Gasteiger partial charge in [0, 0.05) is 11.8 Å². The van der Waals surface area contributed by atoms with E-state index in [2.05, 4.69) is 9.97 Å². The van der Waals surface area contributed by atoms with E-state index in [1.807, 2.05) is 19.1 Å². The average Bonchev–Trinajstić information content (AvgIpc) is 2.57. The topological polar surface area (TPSA) is 77.2 Å². The fourth-order valence-electron chi connectivity index (χ4n) is 2.53. The highest BCUT2D eigenvalue weighted by atomic mass is 16.5. The van der Waals surface area contributed by atoms with E-state index in [9.17, 15) is 9.90 Å². The van der Waals surface area contributed by atoms with Crippen LogP contribution >= 0.6 is 0 Å². The molecule has 0 bridgehead atoms. The standard InChI is InChI=1S/C17H17N3O3/c1-11-5-6-15(23-2)13(8-11)14(21)9-20-10-19-16-12(17(20)22)4-3-7-18-16/h3-8,10,14,21H,9H2,1-2H3. The summed E-state index contributed by atoms with van der Waals surface area (Å²) in [6.07, 6.45) is 2.12. The number of aliphatic hydroxyl groups is 1. The fourth-order valence-corrected chi connectivity index (χ4v) is 2.53. The summed E-state index contributed by atoms with van der Waals surface area (Å²) in [5.74, 6) is 0.589. The molecule has 0 aliphatic heterocycles. The highest BCUT2D eigenvalue weighted by Crippen LogP contribution is 2.27. The van der Waals surface area contributed by atoms with Gasteiger partial charge in [0.1, 0.15) is 18.2 Å². The Bertz CT molecular complexity index is 905. The Morgan fingerprint density at radius 1 is 1.30 bits per heavy atom. The van der Waals surface area contributed by atoms with Crippen LogP contribution in [-0.2, 0) is 6.54 Å². The van der Waals surface area contributed by atoms with E-state index < -0.39 is 6.10 Å². The molecule has 3 rings (SSSR count). The zero-order valence-corrected chi connectivity index (χ0v) is 12.9. The summed E-state index contributed by atoms with van der Waals surface area (Å²) < 4.78 is 6.67. The van der Waals surface area contributed by atoms with Gasteiger partial charge < -0.3 is 9.84 Å². The van der Waals surface area contributed by atoms with Gasteiger partial charge in [0.15, 0.2) is 5.65 Å². The zero-order chi connectivity index (χ0) is 16.4. The minimum Gasteiger partial charge on any atom is -0.496 e. The van der Waals surface area contributed by atoms with Gasteiger partial charge in [-0.1, -0.05) is 11.6 Å². The van der Waals surface area contributed by atoms with Crippen molar-refractivity contribution in [3.05, 3.63) is 64.3 Å². The quantitative estimate of drug-likeness (QED) is 0.795. The highest BCUT2D eigenvalue weighted by Gasteiger charge is 2.16. The Kier molecular flexibility index (Phi) is 4.08. The Hall–Kier alpha value is -2.73. The van der Waals surface area contributed by atoms with Gasteiger partial charge in [-0.25, -0.2) is 9.97 Å². The summed E-state index contributed by atoms with van der Waals surface area (Å²) in [6.45, 7) is 2.03. The van der Waals surface area contributed by atoms with Crippen LogP contribution in [0.25, 0.3) is 11.0 Å². The number of hydrogen-bond donors (Lipinski definition) is 1. The molecule has 2 aromatic heterocycles. The van der Waals surface area contributed by atoms with E-state index in [4.69, 9.17) is 4.74 Å². The monoisotopic (exact) mass is 311 g/mol. The summed E-state index contributed by atoms with van der Waals surface area (Å²) >= 11 is 0. The van der Waals surface area contributed by atoms with Gasteiger partial charge in [-0.3, -0.25) is 9.36 Å². The molecule has 0 aliphatic rings. The van der Waals surface area contributed by atoms with Crippen LogP contribution in [0.3, 0.4) is 0 Å². The number of aliphatic hydroxyl groups excluding tert-OH is 1. The maximum Gasteiger partial charge on any atom is 0.262 e. The molecule has 23 heavy (non-hydrogen) atoms. The predicted octanol–water partition coefficient (Wildman–Crippen LogP) is 1.84. The molecule has 0 aliphatic carbocycles.